The summed E-state index contributed by atoms with van der Waals surface area (Å²) >= 11 is 6.02. The molecular weight excluding hydrogens is 228 g/mol. The number of carbonyl (C=O) groups excluding carboxylic acids is 1. The lowest BCUT2D eigenvalue weighted by molar-refractivity contribution is 0.0592. The van der Waals surface area contributed by atoms with Gasteiger partial charge in [-0.25, -0.2) is 9.78 Å². The normalized spacial score (nSPS) is 10.8. The maximum Gasteiger partial charge on any atom is 0.356 e. The summed E-state index contributed by atoms with van der Waals surface area (Å²) in [7, 11) is 1.34. The fourth-order valence-corrected chi connectivity index (χ4v) is 1.77. The molecule has 2 heterocycles. The van der Waals surface area contributed by atoms with Crippen molar-refractivity contribution in [1.29, 1.82) is 0 Å². The van der Waals surface area contributed by atoms with Crippen LogP contribution in [-0.2, 0) is 4.74 Å². The van der Waals surface area contributed by atoms with E-state index in [2.05, 4.69) is 4.98 Å². The van der Waals surface area contributed by atoms with Gasteiger partial charge < -0.3 is 4.74 Å². The molecule has 0 radical (unpaired) electrons. The number of hydrogen-bond acceptors (Lipinski definition) is 3. The van der Waals surface area contributed by atoms with Crippen molar-refractivity contribution in [3.05, 3.63) is 34.2 Å². The predicted molar refractivity (Wildman–Crippen MR) is 61.0 cm³/mol. The number of carbonyl (C=O) groups is 1. The Morgan fingerprint density at radius 1 is 1.50 bits per heavy atom. The molecule has 4 nitrogen and oxygen atoms in total. The van der Waals surface area contributed by atoms with E-state index in [0.29, 0.717) is 22.1 Å². The molecule has 2 rings (SSSR count). The van der Waals surface area contributed by atoms with Gasteiger partial charge in [-0.1, -0.05) is 11.6 Å². The zero-order chi connectivity index (χ0) is 11.9. The molecule has 2 aromatic heterocycles. The Bertz CT molecular complexity index is 575. The van der Waals surface area contributed by atoms with Crippen LogP contribution >= 0.6 is 11.6 Å². The Morgan fingerprint density at radius 2 is 2.19 bits per heavy atom. The highest BCUT2D eigenvalue weighted by molar-refractivity contribution is 6.31. The molecule has 0 aromatic carbocycles. The largest absolute Gasteiger partial charge is 0.464 e. The van der Waals surface area contributed by atoms with Crippen molar-refractivity contribution >= 4 is 23.2 Å². The SMILES string of the molecule is COC(=O)c1c(C)nc2cc(C)c(Cl)cn12. The highest BCUT2D eigenvalue weighted by Crippen LogP contribution is 2.20. The average molecular weight is 239 g/mol. The minimum atomic E-state index is -0.412. The Morgan fingerprint density at radius 3 is 2.81 bits per heavy atom. The summed E-state index contributed by atoms with van der Waals surface area (Å²) in [4.78, 5) is 15.9. The Kier molecular flexibility index (Phi) is 2.59. The smallest absolute Gasteiger partial charge is 0.356 e. The van der Waals surface area contributed by atoms with E-state index in [0.717, 1.165) is 5.56 Å². The molecule has 2 aromatic rings. The van der Waals surface area contributed by atoms with Gasteiger partial charge in [-0.15, -0.1) is 0 Å². The molecule has 16 heavy (non-hydrogen) atoms. The summed E-state index contributed by atoms with van der Waals surface area (Å²) in [5.41, 5.74) is 2.67. The molecule has 0 aliphatic heterocycles. The van der Waals surface area contributed by atoms with Crippen LogP contribution in [0.5, 0.6) is 0 Å². The molecule has 0 bridgehead atoms. The van der Waals surface area contributed by atoms with Gasteiger partial charge in [0.15, 0.2) is 5.69 Å². The van der Waals surface area contributed by atoms with E-state index in [9.17, 15) is 4.79 Å². The Labute approximate surface area is 97.8 Å². The predicted octanol–water partition coefficient (Wildman–Crippen LogP) is 2.39. The molecule has 0 atom stereocenters. The molecule has 0 saturated carbocycles. The molecular formula is C11H11ClN2O2. The van der Waals surface area contributed by atoms with Crippen molar-refractivity contribution in [2.75, 3.05) is 7.11 Å². The number of ether oxygens (including phenoxy) is 1. The van der Waals surface area contributed by atoms with Gasteiger partial charge in [-0.3, -0.25) is 4.40 Å². The fraction of sp³-hybridized carbons (Fsp3) is 0.273. The second kappa shape index (κ2) is 3.79. The van der Waals surface area contributed by atoms with E-state index in [-0.39, 0.29) is 0 Å². The topological polar surface area (TPSA) is 43.6 Å². The average Bonchev–Trinajstić information content (AvgIpc) is 2.54. The number of pyridine rings is 1. The number of halogens is 1. The van der Waals surface area contributed by atoms with E-state index in [4.69, 9.17) is 16.3 Å². The summed E-state index contributed by atoms with van der Waals surface area (Å²) in [6, 6.07) is 1.84. The van der Waals surface area contributed by atoms with Crippen molar-refractivity contribution in [3.63, 3.8) is 0 Å². The second-order valence-corrected chi connectivity index (χ2v) is 3.98. The lowest BCUT2D eigenvalue weighted by Gasteiger charge is -2.03. The van der Waals surface area contributed by atoms with Gasteiger partial charge in [0.25, 0.3) is 0 Å². The van der Waals surface area contributed by atoms with E-state index in [1.807, 2.05) is 13.0 Å². The first-order chi connectivity index (χ1) is 7.54. The van der Waals surface area contributed by atoms with Crippen LogP contribution in [0.25, 0.3) is 5.65 Å². The number of rotatable bonds is 1. The van der Waals surface area contributed by atoms with Gasteiger partial charge >= 0.3 is 5.97 Å². The van der Waals surface area contributed by atoms with Crippen LogP contribution < -0.4 is 0 Å². The van der Waals surface area contributed by atoms with Crippen LogP contribution in [0.2, 0.25) is 5.02 Å². The maximum atomic E-state index is 11.6. The number of aromatic nitrogens is 2. The Balaban J connectivity index is 2.79. The molecule has 0 unspecified atom stereocenters. The van der Waals surface area contributed by atoms with Crippen molar-refractivity contribution in [3.8, 4) is 0 Å². The molecule has 0 spiro atoms. The third-order valence-electron chi connectivity index (χ3n) is 2.46. The zero-order valence-electron chi connectivity index (χ0n) is 9.24. The number of nitrogens with zero attached hydrogens (tertiary/aromatic N) is 2. The van der Waals surface area contributed by atoms with Crippen molar-refractivity contribution in [2.45, 2.75) is 13.8 Å². The van der Waals surface area contributed by atoms with Gasteiger partial charge in [-0.05, 0) is 25.5 Å². The monoisotopic (exact) mass is 238 g/mol. The lowest BCUT2D eigenvalue weighted by Crippen LogP contribution is -2.07. The number of methoxy groups -OCH3 is 1. The van der Waals surface area contributed by atoms with Crippen LogP contribution in [0.15, 0.2) is 12.3 Å². The van der Waals surface area contributed by atoms with E-state index >= 15 is 0 Å². The molecule has 0 aliphatic carbocycles. The second-order valence-electron chi connectivity index (χ2n) is 3.57. The van der Waals surface area contributed by atoms with Gasteiger partial charge in [0.2, 0.25) is 0 Å². The minimum absolute atomic E-state index is 0.412. The molecule has 0 N–H and O–H groups in total. The van der Waals surface area contributed by atoms with E-state index in [1.54, 1.807) is 17.5 Å². The zero-order valence-corrected chi connectivity index (χ0v) is 10.00. The maximum absolute atomic E-state index is 11.6. The van der Waals surface area contributed by atoms with Gasteiger partial charge in [0, 0.05) is 6.20 Å². The summed E-state index contributed by atoms with van der Waals surface area (Å²) in [5.74, 6) is -0.412. The van der Waals surface area contributed by atoms with Crippen molar-refractivity contribution in [2.24, 2.45) is 0 Å². The number of hydrogen-bond donors (Lipinski definition) is 0. The third kappa shape index (κ3) is 1.55. The van der Waals surface area contributed by atoms with Crippen molar-refractivity contribution < 1.29 is 9.53 Å². The molecule has 5 heteroatoms. The fourth-order valence-electron chi connectivity index (χ4n) is 1.62. The van der Waals surface area contributed by atoms with E-state index in [1.165, 1.54) is 7.11 Å². The van der Waals surface area contributed by atoms with Gasteiger partial charge in [-0.2, -0.15) is 0 Å². The van der Waals surface area contributed by atoms with Crippen LogP contribution in [0.1, 0.15) is 21.7 Å². The minimum Gasteiger partial charge on any atom is -0.464 e. The van der Waals surface area contributed by atoms with E-state index < -0.39 is 5.97 Å². The summed E-state index contributed by atoms with van der Waals surface area (Å²) in [5, 5.41) is 0.593. The first kappa shape index (κ1) is 11.0. The summed E-state index contributed by atoms with van der Waals surface area (Å²) < 4.78 is 6.36. The van der Waals surface area contributed by atoms with Gasteiger partial charge in [0.05, 0.1) is 17.8 Å². The van der Waals surface area contributed by atoms with Crippen LogP contribution in [0.4, 0.5) is 0 Å². The standard InChI is InChI=1S/C11H11ClN2O2/c1-6-4-9-13-7(2)10(11(15)16-3)14(9)5-8(6)12/h4-5H,1-3H3. The lowest BCUT2D eigenvalue weighted by atomic mass is 10.3. The molecule has 84 valence electrons. The highest BCUT2D eigenvalue weighted by Gasteiger charge is 2.17. The van der Waals surface area contributed by atoms with Crippen LogP contribution in [0, 0.1) is 13.8 Å². The highest BCUT2D eigenvalue weighted by atomic mass is 35.5. The first-order valence-electron chi connectivity index (χ1n) is 4.77. The number of esters is 1. The third-order valence-corrected chi connectivity index (χ3v) is 2.85. The summed E-state index contributed by atoms with van der Waals surface area (Å²) in [6.45, 7) is 3.66. The van der Waals surface area contributed by atoms with Gasteiger partial charge in [0.1, 0.15) is 5.65 Å². The van der Waals surface area contributed by atoms with Crippen LogP contribution in [-0.4, -0.2) is 22.5 Å². The summed E-state index contributed by atoms with van der Waals surface area (Å²) in [6.07, 6.45) is 1.68. The van der Waals surface area contributed by atoms with Crippen LogP contribution in [0.3, 0.4) is 0 Å². The molecule has 0 amide bonds. The molecule has 0 saturated heterocycles. The number of imidazole rings is 1. The quantitative estimate of drug-likeness (QED) is 0.717. The number of aryl methyl sites for hydroxylation is 2. The molecule has 0 aliphatic rings. The van der Waals surface area contributed by atoms with Crippen molar-refractivity contribution in [1.82, 2.24) is 9.38 Å². The number of fused-ring (bicyclic) bond motifs is 1. The Hall–Kier alpha value is -1.55. The molecule has 0 fully saturated rings. The first-order valence-corrected chi connectivity index (χ1v) is 5.15.